The third-order valence-electron chi connectivity index (χ3n) is 3.65. The van der Waals surface area contributed by atoms with E-state index in [1.807, 2.05) is 36.4 Å². The van der Waals surface area contributed by atoms with Crippen LogP contribution < -0.4 is 10.1 Å². The Morgan fingerprint density at radius 3 is 2.74 bits per heavy atom. The summed E-state index contributed by atoms with van der Waals surface area (Å²) < 4.78 is 5.74. The molecule has 0 saturated carbocycles. The molecule has 1 fully saturated rings. The molecule has 23 heavy (non-hydrogen) atoms. The number of hydrogen-bond acceptors (Lipinski definition) is 3. The highest BCUT2D eigenvalue weighted by Gasteiger charge is 2.22. The highest BCUT2D eigenvalue weighted by Crippen LogP contribution is 2.17. The summed E-state index contributed by atoms with van der Waals surface area (Å²) >= 11 is 0. The molecule has 0 unspecified atom stereocenters. The van der Waals surface area contributed by atoms with Crippen molar-refractivity contribution in [1.82, 2.24) is 10.2 Å². The maximum atomic E-state index is 12.5. The molecule has 2 amide bonds. The fourth-order valence-corrected chi connectivity index (χ4v) is 2.45. The van der Waals surface area contributed by atoms with Gasteiger partial charge in [0.05, 0.1) is 6.54 Å². The molecular formula is C18H18N2O3. The normalized spacial score (nSPS) is 14.3. The summed E-state index contributed by atoms with van der Waals surface area (Å²) in [7, 11) is 0. The van der Waals surface area contributed by atoms with Crippen LogP contribution in [0.2, 0.25) is 0 Å². The Bertz CT molecular complexity index is 700. The van der Waals surface area contributed by atoms with Crippen LogP contribution in [0.3, 0.4) is 0 Å². The average molecular weight is 310 g/mol. The van der Waals surface area contributed by atoms with E-state index in [2.05, 4.69) is 5.32 Å². The maximum absolute atomic E-state index is 12.5. The summed E-state index contributed by atoms with van der Waals surface area (Å²) in [5.74, 6) is 0.368. The van der Waals surface area contributed by atoms with Crippen molar-refractivity contribution >= 4 is 11.8 Å². The minimum Gasteiger partial charge on any atom is -0.489 e. The van der Waals surface area contributed by atoms with Gasteiger partial charge in [-0.05, 0) is 23.8 Å². The van der Waals surface area contributed by atoms with E-state index in [4.69, 9.17) is 4.74 Å². The van der Waals surface area contributed by atoms with Crippen molar-refractivity contribution in [1.29, 1.82) is 0 Å². The van der Waals surface area contributed by atoms with Gasteiger partial charge in [0.15, 0.2) is 0 Å². The first-order valence-corrected chi connectivity index (χ1v) is 7.55. The van der Waals surface area contributed by atoms with Gasteiger partial charge >= 0.3 is 0 Å². The molecular weight excluding hydrogens is 292 g/mol. The number of benzene rings is 2. The standard InChI is InChI=1S/C18H18N2O3/c21-17-12-20(10-9-19-17)18(22)15-7-4-8-16(11-15)23-13-14-5-2-1-3-6-14/h1-8,11H,9-10,12-13H2,(H,19,21). The van der Waals surface area contributed by atoms with E-state index in [0.29, 0.717) is 31.0 Å². The second-order valence-corrected chi connectivity index (χ2v) is 5.38. The minimum absolute atomic E-state index is 0.105. The van der Waals surface area contributed by atoms with E-state index in [-0.39, 0.29) is 18.4 Å². The van der Waals surface area contributed by atoms with Crippen LogP contribution in [0.25, 0.3) is 0 Å². The lowest BCUT2D eigenvalue weighted by atomic mass is 10.1. The zero-order valence-electron chi connectivity index (χ0n) is 12.7. The third kappa shape index (κ3) is 3.88. The van der Waals surface area contributed by atoms with Crippen molar-refractivity contribution in [3.63, 3.8) is 0 Å². The van der Waals surface area contributed by atoms with Crippen molar-refractivity contribution in [3.05, 3.63) is 65.7 Å². The van der Waals surface area contributed by atoms with Crippen LogP contribution in [0.15, 0.2) is 54.6 Å². The Balaban J connectivity index is 1.67. The molecule has 2 aromatic carbocycles. The molecule has 5 heteroatoms. The van der Waals surface area contributed by atoms with E-state index < -0.39 is 0 Å². The Morgan fingerprint density at radius 1 is 1.13 bits per heavy atom. The van der Waals surface area contributed by atoms with Gasteiger partial charge in [-0.3, -0.25) is 9.59 Å². The number of carbonyl (C=O) groups excluding carboxylic acids is 2. The van der Waals surface area contributed by atoms with Crippen LogP contribution in [0.4, 0.5) is 0 Å². The van der Waals surface area contributed by atoms with Crippen LogP contribution in [0.1, 0.15) is 15.9 Å². The number of ether oxygens (including phenoxy) is 1. The molecule has 2 aromatic rings. The van der Waals surface area contributed by atoms with Crippen molar-refractivity contribution in [2.24, 2.45) is 0 Å². The summed E-state index contributed by atoms with van der Waals surface area (Å²) in [4.78, 5) is 25.4. The second-order valence-electron chi connectivity index (χ2n) is 5.38. The third-order valence-corrected chi connectivity index (χ3v) is 3.65. The Morgan fingerprint density at radius 2 is 1.96 bits per heavy atom. The van der Waals surface area contributed by atoms with Crippen LogP contribution in [0.5, 0.6) is 5.75 Å². The molecule has 0 spiro atoms. The van der Waals surface area contributed by atoms with Gasteiger partial charge in [-0.15, -0.1) is 0 Å². The lowest BCUT2D eigenvalue weighted by Crippen LogP contribution is -2.49. The highest BCUT2D eigenvalue weighted by atomic mass is 16.5. The zero-order valence-corrected chi connectivity index (χ0v) is 12.7. The predicted molar refractivity (Wildman–Crippen MR) is 86.1 cm³/mol. The molecule has 118 valence electrons. The van der Waals surface area contributed by atoms with Crippen LogP contribution in [-0.4, -0.2) is 36.3 Å². The fraction of sp³-hybridized carbons (Fsp3) is 0.222. The Hall–Kier alpha value is -2.82. The number of nitrogens with one attached hydrogen (secondary N) is 1. The van der Waals surface area contributed by atoms with Gasteiger partial charge in [0.2, 0.25) is 5.91 Å². The first-order chi connectivity index (χ1) is 11.2. The van der Waals surface area contributed by atoms with Gasteiger partial charge in [0.25, 0.3) is 5.91 Å². The van der Waals surface area contributed by atoms with Crippen molar-refractivity contribution in [2.75, 3.05) is 19.6 Å². The van der Waals surface area contributed by atoms with Gasteiger partial charge in [0.1, 0.15) is 12.4 Å². The van der Waals surface area contributed by atoms with E-state index in [9.17, 15) is 9.59 Å². The summed E-state index contributed by atoms with van der Waals surface area (Å²) in [5.41, 5.74) is 1.60. The molecule has 0 atom stereocenters. The smallest absolute Gasteiger partial charge is 0.254 e. The van der Waals surface area contributed by atoms with Crippen molar-refractivity contribution in [2.45, 2.75) is 6.61 Å². The highest BCUT2D eigenvalue weighted by molar-refractivity contribution is 5.97. The average Bonchev–Trinajstić information content (AvgIpc) is 2.60. The first kappa shape index (κ1) is 15.1. The Kier molecular flexibility index (Phi) is 4.57. The lowest BCUT2D eigenvalue weighted by molar-refractivity contribution is -0.123. The predicted octanol–water partition coefficient (Wildman–Crippen LogP) is 1.84. The van der Waals surface area contributed by atoms with E-state index in [1.165, 1.54) is 0 Å². The van der Waals surface area contributed by atoms with Gasteiger partial charge in [-0.1, -0.05) is 36.4 Å². The van der Waals surface area contributed by atoms with Crippen molar-refractivity contribution in [3.8, 4) is 5.75 Å². The summed E-state index contributed by atoms with van der Waals surface area (Å²) in [6, 6.07) is 16.9. The molecule has 0 aromatic heterocycles. The first-order valence-electron chi connectivity index (χ1n) is 7.55. The number of hydrogen-bond donors (Lipinski definition) is 1. The van der Waals surface area contributed by atoms with Gasteiger partial charge in [0, 0.05) is 18.7 Å². The molecule has 3 rings (SSSR count). The SMILES string of the molecule is O=C1CN(C(=O)c2cccc(OCc3ccccc3)c2)CCN1. The minimum atomic E-state index is -0.148. The van der Waals surface area contributed by atoms with Crippen molar-refractivity contribution < 1.29 is 14.3 Å². The van der Waals surface area contributed by atoms with Crippen LogP contribution in [-0.2, 0) is 11.4 Å². The fourth-order valence-electron chi connectivity index (χ4n) is 2.45. The van der Waals surface area contributed by atoms with E-state index in [1.54, 1.807) is 23.1 Å². The molecule has 5 nitrogen and oxygen atoms in total. The maximum Gasteiger partial charge on any atom is 0.254 e. The summed E-state index contributed by atoms with van der Waals surface area (Å²) in [6.07, 6.45) is 0. The number of carbonyl (C=O) groups is 2. The Labute approximate surface area is 134 Å². The monoisotopic (exact) mass is 310 g/mol. The van der Waals surface area contributed by atoms with Gasteiger partial charge in [-0.25, -0.2) is 0 Å². The number of nitrogens with zero attached hydrogens (tertiary/aromatic N) is 1. The molecule has 0 aliphatic carbocycles. The zero-order chi connectivity index (χ0) is 16.1. The van der Waals surface area contributed by atoms with E-state index in [0.717, 1.165) is 5.56 Å². The quantitative estimate of drug-likeness (QED) is 0.937. The largest absolute Gasteiger partial charge is 0.489 e. The summed E-state index contributed by atoms with van der Waals surface area (Å²) in [6.45, 7) is 1.58. The summed E-state index contributed by atoms with van der Waals surface area (Å²) in [5, 5.41) is 2.71. The second kappa shape index (κ2) is 6.96. The molecule has 0 bridgehead atoms. The van der Waals surface area contributed by atoms with Crippen LogP contribution >= 0.6 is 0 Å². The molecule has 1 N–H and O–H groups in total. The molecule has 1 aliphatic heterocycles. The number of piperazine rings is 1. The van der Waals surface area contributed by atoms with Crippen LogP contribution in [0, 0.1) is 0 Å². The lowest BCUT2D eigenvalue weighted by Gasteiger charge is -2.26. The van der Waals surface area contributed by atoms with Gasteiger partial charge < -0.3 is 15.0 Å². The molecule has 1 heterocycles. The molecule has 0 radical (unpaired) electrons. The van der Waals surface area contributed by atoms with E-state index >= 15 is 0 Å². The number of rotatable bonds is 4. The molecule has 1 saturated heterocycles. The topological polar surface area (TPSA) is 58.6 Å². The van der Waals surface area contributed by atoms with Gasteiger partial charge in [-0.2, -0.15) is 0 Å². The number of amides is 2. The molecule has 1 aliphatic rings.